The Kier molecular flexibility index (Phi) is 6.28. The Morgan fingerprint density at radius 1 is 1.17 bits per heavy atom. The maximum atomic E-state index is 12.4. The van der Waals surface area contributed by atoms with Gasteiger partial charge in [0.15, 0.2) is 0 Å². The van der Waals surface area contributed by atoms with Crippen LogP contribution in [0.1, 0.15) is 66.2 Å². The predicted octanol–water partition coefficient (Wildman–Crippen LogP) is 3.22. The van der Waals surface area contributed by atoms with Crippen LogP contribution in [-0.4, -0.2) is 29.4 Å². The van der Waals surface area contributed by atoms with E-state index < -0.39 is 16.8 Å². The van der Waals surface area contributed by atoms with Gasteiger partial charge in [0.1, 0.15) is 0 Å². The average Bonchev–Trinajstić information content (AvgIpc) is 2.83. The van der Waals surface area contributed by atoms with Crippen molar-refractivity contribution in [1.29, 1.82) is 0 Å². The van der Waals surface area contributed by atoms with Crippen LogP contribution in [0.3, 0.4) is 0 Å². The van der Waals surface area contributed by atoms with Crippen LogP contribution < -0.4 is 5.32 Å². The smallest absolute Gasteiger partial charge is 0.338 e. The molecule has 0 saturated heterocycles. The molecule has 7 nitrogen and oxygen atoms in total. The molecule has 0 radical (unpaired) electrons. The van der Waals surface area contributed by atoms with E-state index in [1.54, 1.807) is 6.92 Å². The van der Waals surface area contributed by atoms with Crippen LogP contribution in [0.5, 0.6) is 0 Å². The van der Waals surface area contributed by atoms with Crippen molar-refractivity contribution in [3.05, 3.63) is 39.4 Å². The first-order chi connectivity index (χ1) is 11.5. The molecule has 0 aromatic heterocycles. The van der Waals surface area contributed by atoms with Crippen molar-refractivity contribution < 1.29 is 19.2 Å². The summed E-state index contributed by atoms with van der Waals surface area (Å²) in [5.74, 6) is -1.07. The van der Waals surface area contributed by atoms with Gasteiger partial charge in [0, 0.05) is 23.7 Å². The lowest BCUT2D eigenvalue weighted by molar-refractivity contribution is -0.384. The molecule has 1 aliphatic rings. The maximum Gasteiger partial charge on any atom is 0.338 e. The summed E-state index contributed by atoms with van der Waals surface area (Å²) in [7, 11) is 0. The number of benzene rings is 1. The largest absolute Gasteiger partial charge is 0.462 e. The number of nitrogens with one attached hydrogen (secondary N) is 1. The second-order valence-corrected chi connectivity index (χ2v) is 5.91. The zero-order valence-corrected chi connectivity index (χ0v) is 13.7. The number of hydrogen-bond donors (Lipinski definition) is 1. The molecule has 1 aromatic carbocycles. The lowest BCUT2D eigenvalue weighted by atomic mass is 10.1. The van der Waals surface area contributed by atoms with Crippen LogP contribution in [0.4, 0.5) is 5.69 Å². The number of nitro benzene ring substituents is 1. The third kappa shape index (κ3) is 4.78. The summed E-state index contributed by atoms with van der Waals surface area (Å²) in [6, 6.07) is 3.73. The minimum absolute atomic E-state index is 0.0112. The lowest BCUT2D eigenvalue weighted by Crippen LogP contribution is -2.34. The zero-order valence-electron chi connectivity index (χ0n) is 13.7. The summed E-state index contributed by atoms with van der Waals surface area (Å²) < 4.78 is 4.87. The minimum atomic E-state index is -0.676. The zero-order chi connectivity index (χ0) is 17.5. The number of amides is 1. The number of hydrogen-bond acceptors (Lipinski definition) is 5. The van der Waals surface area contributed by atoms with Crippen molar-refractivity contribution in [2.75, 3.05) is 6.61 Å². The molecule has 130 valence electrons. The fraction of sp³-hybridized carbons (Fsp3) is 0.529. The van der Waals surface area contributed by atoms with Gasteiger partial charge in [0.2, 0.25) is 0 Å². The molecule has 0 spiro atoms. The number of carbonyl (C=O) groups excluding carboxylic acids is 2. The van der Waals surface area contributed by atoms with Crippen LogP contribution in [0.25, 0.3) is 0 Å². The summed E-state index contributed by atoms with van der Waals surface area (Å²) in [6.07, 6.45) is 6.27. The van der Waals surface area contributed by atoms with Crippen molar-refractivity contribution in [2.24, 2.45) is 0 Å². The Balaban J connectivity index is 2.21. The normalized spacial score (nSPS) is 15.4. The highest BCUT2D eigenvalue weighted by Crippen LogP contribution is 2.20. The molecule has 1 aromatic rings. The highest BCUT2D eigenvalue weighted by molar-refractivity contribution is 5.99. The quantitative estimate of drug-likeness (QED) is 0.386. The van der Waals surface area contributed by atoms with E-state index >= 15 is 0 Å². The summed E-state index contributed by atoms with van der Waals surface area (Å²) in [6.45, 7) is 1.81. The van der Waals surface area contributed by atoms with E-state index in [2.05, 4.69) is 5.32 Å². The van der Waals surface area contributed by atoms with Crippen molar-refractivity contribution in [3.63, 3.8) is 0 Å². The lowest BCUT2D eigenvalue weighted by Gasteiger charge is -2.16. The van der Waals surface area contributed by atoms with Crippen molar-refractivity contribution in [1.82, 2.24) is 5.32 Å². The molecule has 1 aliphatic carbocycles. The van der Waals surface area contributed by atoms with Crippen molar-refractivity contribution >= 4 is 17.6 Å². The first kappa shape index (κ1) is 17.9. The maximum absolute atomic E-state index is 12.4. The predicted molar refractivity (Wildman–Crippen MR) is 88.0 cm³/mol. The topological polar surface area (TPSA) is 98.5 Å². The van der Waals surface area contributed by atoms with Gasteiger partial charge in [-0.1, -0.05) is 25.7 Å². The first-order valence-electron chi connectivity index (χ1n) is 8.28. The second-order valence-electron chi connectivity index (χ2n) is 5.91. The van der Waals surface area contributed by atoms with E-state index in [1.165, 1.54) is 12.1 Å². The molecule has 0 atom stereocenters. The summed E-state index contributed by atoms with van der Waals surface area (Å²) in [5, 5.41) is 14.0. The van der Waals surface area contributed by atoms with Gasteiger partial charge < -0.3 is 10.1 Å². The van der Waals surface area contributed by atoms with Crippen LogP contribution in [-0.2, 0) is 4.74 Å². The van der Waals surface area contributed by atoms with E-state index in [0.717, 1.165) is 44.6 Å². The molecule has 0 bridgehead atoms. The van der Waals surface area contributed by atoms with Gasteiger partial charge in [-0.3, -0.25) is 14.9 Å². The summed E-state index contributed by atoms with van der Waals surface area (Å²) in [5.41, 5.74) is -0.180. The second kappa shape index (κ2) is 8.42. The molecular formula is C17H22N2O5. The van der Waals surface area contributed by atoms with Crippen LogP contribution >= 0.6 is 0 Å². The number of carbonyl (C=O) groups is 2. The van der Waals surface area contributed by atoms with Gasteiger partial charge in [-0.05, 0) is 25.8 Å². The van der Waals surface area contributed by atoms with Gasteiger partial charge >= 0.3 is 5.97 Å². The molecule has 0 aliphatic heterocycles. The van der Waals surface area contributed by atoms with Crippen molar-refractivity contribution in [2.45, 2.75) is 51.5 Å². The van der Waals surface area contributed by atoms with E-state index in [1.807, 2.05) is 0 Å². The SMILES string of the molecule is CCOC(=O)c1cc(C(=O)NC2CCCCCC2)cc([N+](=O)[O-])c1. The van der Waals surface area contributed by atoms with Crippen molar-refractivity contribution in [3.8, 4) is 0 Å². The van der Waals surface area contributed by atoms with E-state index in [4.69, 9.17) is 4.74 Å². The highest BCUT2D eigenvalue weighted by Gasteiger charge is 2.21. The van der Waals surface area contributed by atoms with Gasteiger partial charge in [0.25, 0.3) is 11.6 Å². The Morgan fingerprint density at radius 2 is 1.79 bits per heavy atom. The molecule has 7 heteroatoms. The Morgan fingerprint density at radius 3 is 2.38 bits per heavy atom. The standard InChI is InChI=1S/C17H22N2O5/c1-2-24-17(21)13-9-12(10-15(11-13)19(22)23)16(20)18-14-7-5-3-4-6-8-14/h9-11,14H,2-8H2,1H3,(H,18,20). The molecule has 1 fully saturated rings. The molecule has 1 amide bonds. The average molecular weight is 334 g/mol. The van der Waals surface area contributed by atoms with Gasteiger partial charge in [-0.25, -0.2) is 4.79 Å². The molecular weight excluding hydrogens is 312 g/mol. The summed E-state index contributed by atoms with van der Waals surface area (Å²) >= 11 is 0. The Bertz CT molecular complexity index is 621. The molecule has 1 saturated carbocycles. The number of rotatable bonds is 5. The molecule has 24 heavy (non-hydrogen) atoms. The van der Waals surface area contributed by atoms with Crippen LogP contribution in [0.2, 0.25) is 0 Å². The number of non-ortho nitro benzene ring substituents is 1. The molecule has 2 rings (SSSR count). The monoisotopic (exact) mass is 334 g/mol. The fourth-order valence-electron chi connectivity index (χ4n) is 2.87. The van der Waals surface area contributed by atoms with Crippen LogP contribution in [0, 0.1) is 10.1 Å². The van der Waals surface area contributed by atoms with Gasteiger partial charge in [-0.15, -0.1) is 0 Å². The van der Waals surface area contributed by atoms with Gasteiger partial charge in [-0.2, -0.15) is 0 Å². The molecule has 1 N–H and O–H groups in total. The van der Waals surface area contributed by atoms with Crippen LogP contribution in [0.15, 0.2) is 18.2 Å². The fourth-order valence-corrected chi connectivity index (χ4v) is 2.87. The minimum Gasteiger partial charge on any atom is -0.462 e. The third-order valence-corrected chi connectivity index (χ3v) is 4.09. The first-order valence-corrected chi connectivity index (χ1v) is 8.28. The highest BCUT2D eigenvalue weighted by atomic mass is 16.6. The Hall–Kier alpha value is -2.44. The number of esters is 1. The van der Waals surface area contributed by atoms with E-state index in [-0.39, 0.29) is 29.5 Å². The molecule has 0 unspecified atom stereocenters. The third-order valence-electron chi connectivity index (χ3n) is 4.09. The van der Waals surface area contributed by atoms with E-state index in [9.17, 15) is 19.7 Å². The molecule has 0 heterocycles. The number of ether oxygens (including phenoxy) is 1. The van der Waals surface area contributed by atoms with E-state index in [0.29, 0.717) is 0 Å². The van der Waals surface area contributed by atoms with Gasteiger partial charge in [0.05, 0.1) is 17.1 Å². The summed E-state index contributed by atoms with van der Waals surface area (Å²) in [4.78, 5) is 34.7. The number of nitro groups is 1. The number of nitrogens with zero attached hydrogens (tertiary/aromatic N) is 1. The Labute approximate surface area is 140 Å².